The predicted octanol–water partition coefficient (Wildman–Crippen LogP) is -1.09. The number of carbonyl (C=O) groups excluding carboxylic acids is 1. The Labute approximate surface area is 81.3 Å². The van der Waals surface area contributed by atoms with Crippen molar-refractivity contribution in [1.29, 1.82) is 0 Å². The molecule has 1 saturated heterocycles. The van der Waals surface area contributed by atoms with Gasteiger partial charge in [-0.2, -0.15) is 0 Å². The molecule has 0 spiro atoms. The molecule has 0 radical (unpaired) electrons. The molecule has 1 aliphatic heterocycles. The first-order valence-corrected chi connectivity index (χ1v) is 4.19. The molecular formula is C9H11NO4. The van der Waals surface area contributed by atoms with Gasteiger partial charge in [0.15, 0.2) is 6.10 Å². The topological polar surface area (TPSA) is 77.8 Å². The second kappa shape index (κ2) is 4.11. The van der Waals surface area contributed by atoms with Gasteiger partial charge in [0.05, 0.1) is 6.54 Å². The van der Waals surface area contributed by atoms with Crippen molar-refractivity contribution in [3.8, 4) is 12.3 Å². The monoisotopic (exact) mass is 197 g/mol. The molecule has 0 aromatic heterocycles. The molecule has 1 fully saturated rings. The number of carbonyl (C=O) groups is 2. The summed E-state index contributed by atoms with van der Waals surface area (Å²) in [6.45, 7) is 0.145. The summed E-state index contributed by atoms with van der Waals surface area (Å²) in [7, 11) is 0. The fourth-order valence-electron chi connectivity index (χ4n) is 1.35. The smallest absolute Gasteiger partial charge is 0.334 e. The van der Waals surface area contributed by atoms with Crippen molar-refractivity contribution >= 4 is 11.9 Å². The minimum Gasteiger partial charge on any atom is -0.479 e. The number of aliphatic hydroxyl groups excluding tert-OH is 1. The molecule has 0 aromatic carbocycles. The summed E-state index contributed by atoms with van der Waals surface area (Å²) in [5.41, 5.74) is 0. The number of carboxylic acids is 1. The van der Waals surface area contributed by atoms with Gasteiger partial charge in [0.25, 0.3) is 0 Å². The standard InChI is InChI=1S/C9H11NO4/c1-2-6-3-8(12)10(4-6)5-7(11)9(13)14/h1,6-7,11H,3-5H2,(H,13,14). The van der Waals surface area contributed by atoms with Crippen LogP contribution in [0, 0.1) is 18.3 Å². The molecule has 1 amide bonds. The van der Waals surface area contributed by atoms with Crippen molar-refractivity contribution in [2.24, 2.45) is 5.92 Å². The SMILES string of the molecule is C#CC1CC(=O)N(CC(O)C(=O)O)C1. The molecule has 1 rings (SSSR count). The van der Waals surface area contributed by atoms with Crippen LogP contribution >= 0.6 is 0 Å². The van der Waals surface area contributed by atoms with Crippen LogP contribution in [0.5, 0.6) is 0 Å². The average molecular weight is 197 g/mol. The Morgan fingerprint density at radius 1 is 1.79 bits per heavy atom. The lowest BCUT2D eigenvalue weighted by Gasteiger charge is -2.17. The van der Waals surface area contributed by atoms with E-state index < -0.39 is 12.1 Å². The number of carboxylic acid groups (broad SMARTS) is 1. The predicted molar refractivity (Wildman–Crippen MR) is 47.2 cm³/mol. The molecule has 1 aliphatic rings. The first-order valence-electron chi connectivity index (χ1n) is 4.19. The molecule has 14 heavy (non-hydrogen) atoms. The molecule has 1 heterocycles. The quantitative estimate of drug-likeness (QED) is 0.564. The summed E-state index contributed by atoms with van der Waals surface area (Å²) < 4.78 is 0. The van der Waals surface area contributed by atoms with E-state index in [0.29, 0.717) is 6.54 Å². The zero-order valence-corrected chi connectivity index (χ0v) is 7.51. The van der Waals surface area contributed by atoms with Crippen LogP contribution in [0.25, 0.3) is 0 Å². The van der Waals surface area contributed by atoms with Crippen molar-refractivity contribution in [3.63, 3.8) is 0 Å². The van der Waals surface area contributed by atoms with Crippen LogP contribution in [0.3, 0.4) is 0 Å². The van der Waals surface area contributed by atoms with Gasteiger partial charge in [0.1, 0.15) is 0 Å². The molecule has 0 aliphatic carbocycles. The molecule has 2 atom stereocenters. The van der Waals surface area contributed by atoms with Crippen LogP contribution in [0.2, 0.25) is 0 Å². The van der Waals surface area contributed by atoms with E-state index in [1.807, 2.05) is 0 Å². The molecule has 0 saturated carbocycles. The fourth-order valence-corrected chi connectivity index (χ4v) is 1.35. The maximum atomic E-state index is 11.2. The number of likely N-dealkylation sites (tertiary alicyclic amines) is 1. The van der Waals surface area contributed by atoms with Gasteiger partial charge in [-0.3, -0.25) is 4.79 Å². The van der Waals surface area contributed by atoms with Crippen molar-refractivity contribution in [2.45, 2.75) is 12.5 Å². The van der Waals surface area contributed by atoms with E-state index in [0.717, 1.165) is 0 Å². The summed E-state index contributed by atoms with van der Waals surface area (Å²) in [6.07, 6.45) is 3.85. The Morgan fingerprint density at radius 3 is 2.86 bits per heavy atom. The van der Waals surface area contributed by atoms with Crippen molar-refractivity contribution in [1.82, 2.24) is 4.90 Å². The highest BCUT2D eigenvalue weighted by molar-refractivity contribution is 5.80. The molecule has 0 aromatic rings. The van der Waals surface area contributed by atoms with Crippen molar-refractivity contribution < 1.29 is 19.8 Å². The van der Waals surface area contributed by atoms with Gasteiger partial charge < -0.3 is 15.1 Å². The van der Waals surface area contributed by atoms with Crippen LogP contribution in [0.15, 0.2) is 0 Å². The Hall–Kier alpha value is -1.54. The minimum absolute atomic E-state index is 0.163. The number of nitrogens with zero attached hydrogens (tertiary/aromatic N) is 1. The van der Waals surface area contributed by atoms with Crippen LogP contribution in [0.4, 0.5) is 0 Å². The highest BCUT2D eigenvalue weighted by atomic mass is 16.4. The Morgan fingerprint density at radius 2 is 2.43 bits per heavy atom. The number of amides is 1. The van der Waals surface area contributed by atoms with Crippen LogP contribution in [-0.2, 0) is 9.59 Å². The van der Waals surface area contributed by atoms with Gasteiger partial charge in [-0.05, 0) is 0 Å². The van der Waals surface area contributed by atoms with Gasteiger partial charge in [-0.1, -0.05) is 0 Å². The molecule has 2 N–H and O–H groups in total. The fraction of sp³-hybridized carbons (Fsp3) is 0.556. The van der Waals surface area contributed by atoms with Crippen LogP contribution in [-0.4, -0.2) is 46.2 Å². The van der Waals surface area contributed by atoms with Gasteiger partial charge >= 0.3 is 5.97 Å². The summed E-state index contributed by atoms with van der Waals surface area (Å²) in [4.78, 5) is 22.8. The van der Waals surface area contributed by atoms with E-state index in [2.05, 4.69) is 5.92 Å². The number of terminal acetylenes is 1. The molecule has 76 valence electrons. The number of aliphatic hydroxyl groups is 1. The largest absolute Gasteiger partial charge is 0.479 e. The van der Waals surface area contributed by atoms with Gasteiger partial charge in [-0.15, -0.1) is 12.3 Å². The number of aliphatic carboxylic acids is 1. The average Bonchev–Trinajstić information content (AvgIpc) is 2.47. The highest BCUT2D eigenvalue weighted by Crippen LogP contribution is 2.16. The van der Waals surface area contributed by atoms with E-state index in [1.54, 1.807) is 0 Å². The third-order valence-electron chi connectivity index (χ3n) is 2.13. The number of hydrogen-bond acceptors (Lipinski definition) is 3. The number of rotatable bonds is 3. The molecular weight excluding hydrogens is 186 g/mol. The minimum atomic E-state index is -1.53. The normalized spacial score (nSPS) is 23.3. The van der Waals surface area contributed by atoms with Crippen molar-refractivity contribution in [3.05, 3.63) is 0 Å². The molecule has 0 bridgehead atoms. The zero-order valence-electron chi connectivity index (χ0n) is 7.51. The number of hydrogen-bond donors (Lipinski definition) is 2. The van der Waals surface area contributed by atoms with Crippen LogP contribution in [0.1, 0.15) is 6.42 Å². The number of β-amino-alcohol motifs (C(OH)–C–C–N with tert-alkyl or cyclic N) is 1. The van der Waals surface area contributed by atoms with E-state index >= 15 is 0 Å². The summed E-state index contributed by atoms with van der Waals surface area (Å²) in [5, 5.41) is 17.4. The van der Waals surface area contributed by atoms with Crippen molar-refractivity contribution in [2.75, 3.05) is 13.1 Å². The summed E-state index contributed by atoms with van der Waals surface area (Å²) in [5.74, 6) is 0.740. The first-order chi connectivity index (χ1) is 6.54. The zero-order chi connectivity index (χ0) is 10.7. The maximum Gasteiger partial charge on any atom is 0.334 e. The summed E-state index contributed by atoms with van der Waals surface area (Å²) >= 11 is 0. The second-order valence-electron chi connectivity index (χ2n) is 3.22. The van der Waals surface area contributed by atoms with E-state index in [4.69, 9.17) is 16.6 Å². The van der Waals surface area contributed by atoms with Gasteiger partial charge in [-0.25, -0.2) is 4.79 Å². The lowest BCUT2D eigenvalue weighted by atomic mass is 10.1. The highest BCUT2D eigenvalue weighted by Gasteiger charge is 2.30. The first kappa shape index (κ1) is 10.5. The molecule has 5 heteroatoms. The van der Waals surface area contributed by atoms with E-state index in [9.17, 15) is 9.59 Å². The van der Waals surface area contributed by atoms with E-state index in [-0.39, 0.29) is 24.8 Å². The van der Waals surface area contributed by atoms with Gasteiger partial charge in [0, 0.05) is 18.9 Å². The summed E-state index contributed by atoms with van der Waals surface area (Å²) in [6, 6.07) is 0. The molecule has 5 nitrogen and oxygen atoms in total. The maximum absolute atomic E-state index is 11.2. The lowest BCUT2D eigenvalue weighted by Crippen LogP contribution is -2.37. The van der Waals surface area contributed by atoms with Crippen LogP contribution < -0.4 is 0 Å². The third kappa shape index (κ3) is 2.24. The van der Waals surface area contributed by atoms with E-state index in [1.165, 1.54) is 4.90 Å². The lowest BCUT2D eigenvalue weighted by molar-refractivity contribution is -0.148. The molecule has 2 unspecified atom stereocenters. The Balaban J connectivity index is 2.51. The third-order valence-corrected chi connectivity index (χ3v) is 2.13. The Bertz CT molecular complexity index is 294. The second-order valence-corrected chi connectivity index (χ2v) is 3.22. The van der Waals surface area contributed by atoms with Gasteiger partial charge in [0.2, 0.25) is 5.91 Å². The Kier molecular flexibility index (Phi) is 3.10.